The van der Waals surface area contributed by atoms with Crippen molar-refractivity contribution in [2.75, 3.05) is 23.7 Å². The highest BCUT2D eigenvalue weighted by atomic mass is 35.5. The van der Waals surface area contributed by atoms with Crippen molar-refractivity contribution in [1.29, 1.82) is 0 Å². The van der Waals surface area contributed by atoms with Crippen molar-refractivity contribution in [1.82, 2.24) is 19.2 Å². The van der Waals surface area contributed by atoms with E-state index in [2.05, 4.69) is 19.7 Å². The van der Waals surface area contributed by atoms with Crippen molar-refractivity contribution in [2.45, 2.75) is 48.7 Å². The predicted octanol–water partition coefficient (Wildman–Crippen LogP) is 3.41. The standard InChI is InChI=1S/C32H30Cl2N6O11S2/c1-5-50-25(41)16-39-27(36-22-9-7-6-8-19(22)29(39)43)26(40-30(44)32(2,3)51-31(40)45)28(42)37-23-14-18(11-12-20(23)33)53(48,49)38-24-15-17(10-13-21(24)34)52(46,47)35-4/h6-15,26,35,38H,5,16H2,1-4H3,(H,37,42). The van der Waals surface area contributed by atoms with Crippen LogP contribution in [0.4, 0.5) is 16.2 Å². The van der Waals surface area contributed by atoms with Gasteiger partial charge >= 0.3 is 12.1 Å². The maximum absolute atomic E-state index is 14.3. The molecule has 280 valence electrons. The lowest BCUT2D eigenvalue weighted by molar-refractivity contribution is -0.144. The fourth-order valence-electron chi connectivity index (χ4n) is 5.18. The van der Waals surface area contributed by atoms with E-state index in [-0.39, 0.29) is 43.8 Å². The highest BCUT2D eigenvalue weighted by Gasteiger charge is 2.53. The number of anilines is 2. The first-order valence-electron chi connectivity index (χ1n) is 15.4. The Morgan fingerprint density at radius 2 is 1.53 bits per heavy atom. The number of halogens is 2. The second-order valence-corrected chi connectivity index (χ2v) is 16.1. The maximum Gasteiger partial charge on any atom is 0.418 e. The quantitative estimate of drug-likeness (QED) is 0.175. The predicted molar refractivity (Wildman–Crippen MR) is 191 cm³/mol. The Morgan fingerprint density at radius 1 is 0.925 bits per heavy atom. The van der Waals surface area contributed by atoms with Crippen molar-refractivity contribution >= 4 is 89.4 Å². The second kappa shape index (κ2) is 14.7. The topological polar surface area (TPSA) is 229 Å². The number of nitrogens with zero attached hydrogens (tertiary/aromatic N) is 3. The second-order valence-electron chi connectivity index (χ2n) is 11.7. The van der Waals surface area contributed by atoms with Gasteiger partial charge in [-0.1, -0.05) is 35.3 Å². The van der Waals surface area contributed by atoms with Gasteiger partial charge in [-0.3, -0.25) is 28.5 Å². The lowest BCUT2D eigenvalue weighted by Crippen LogP contribution is -2.46. The molecule has 0 saturated carbocycles. The van der Waals surface area contributed by atoms with Crippen LogP contribution in [0.1, 0.15) is 32.6 Å². The van der Waals surface area contributed by atoms with Gasteiger partial charge in [0.1, 0.15) is 12.4 Å². The van der Waals surface area contributed by atoms with Crippen LogP contribution in [0.2, 0.25) is 10.0 Å². The van der Waals surface area contributed by atoms with E-state index in [1.54, 1.807) is 12.1 Å². The van der Waals surface area contributed by atoms with Gasteiger partial charge in [0.05, 0.1) is 48.7 Å². The Bertz CT molecular complexity index is 2470. The number of ether oxygens (including phenoxy) is 2. The van der Waals surface area contributed by atoms with Crippen LogP contribution < -0.4 is 20.3 Å². The SMILES string of the molecule is CCOC(=O)Cn1c(C(C(=O)Nc2cc(S(=O)(=O)Nc3cc(S(=O)(=O)NC)ccc3Cl)ccc2Cl)N2C(=O)OC(C)(C)C2=O)nc2ccccc2c1=O. The first kappa shape index (κ1) is 39.1. The summed E-state index contributed by atoms with van der Waals surface area (Å²) in [5.41, 5.74) is -3.16. The van der Waals surface area contributed by atoms with Gasteiger partial charge in [-0.15, -0.1) is 0 Å². The normalized spacial score (nSPS) is 14.9. The van der Waals surface area contributed by atoms with E-state index in [1.807, 2.05) is 0 Å². The van der Waals surface area contributed by atoms with Gasteiger partial charge in [0, 0.05) is 0 Å². The Hall–Kier alpha value is -5.08. The van der Waals surface area contributed by atoms with E-state index in [4.69, 9.17) is 32.7 Å². The number of aromatic nitrogens is 2. The third-order valence-electron chi connectivity index (χ3n) is 7.77. The van der Waals surface area contributed by atoms with Crippen LogP contribution in [0.15, 0.2) is 75.2 Å². The molecule has 0 bridgehead atoms. The highest BCUT2D eigenvalue weighted by Crippen LogP contribution is 2.35. The molecule has 1 atom stereocenters. The minimum absolute atomic E-state index is 0.0398. The molecule has 2 heterocycles. The fraction of sp³-hybridized carbons (Fsp3) is 0.250. The van der Waals surface area contributed by atoms with Crippen LogP contribution in [0, 0.1) is 0 Å². The van der Waals surface area contributed by atoms with Crippen molar-refractivity contribution < 1.29 is 45.5 Å². The first-order valence-corrected chi connectivity index (χ1v) is 19.1. The zero-order valence-electron chi connectivity index (χ0n) is 28.2. The van der Waals surface area contributed by atoms with Crippen LogP contribution in [-0.4, -0.2) is 74.4 Å². The number of fused-ring (bicyclic) bond motifs is 1. The number of cyclic esters (lactones) is 1. The van der Waals surface area contributed by atoms with Gasteiger partial charge in [0.2, 0.25) is 10.0 Å². The summed E-state index contributed by atoms with van der Waals surface area (Å²) in [6, 6.07) is 10.3. The molecule has 3 amide bonds. The zero-order valence-corrected chi connectivity index (χ0v) is 31.3. The highest BCUT2D eigenvalue weighted by molar-refractivity contribution is 7.92. The fourth-order valence-corrected chi connectivity index (χ4v) is 7.42. The molecule has 1 unspecified atom stereocenters. The van der Waals surface area contributed by atoms with E-state index in [9.17, 15) is 40.8 Å². The molecule has 1 aromatic heterocycles. The molecule has 0 spiro atoms. The number of imide groups is 1. The molecule has 3 N–H and O–H groups in total. The van der Waals surface area contributed by atoms with E-state index < -0.39 is 78.4 Å². The molecule has 3 aromatic carbocycles. The number of carbonyl (C=O) groups excluding carboxylic acids is 4. The molecule has 21 heteroatoms. The summed E-state index contributed by atoms with van der Waals surface area (Å²) in [7, 11) is -7.38. The number of carbonyl (C=O) groups is 4. The zero-order chi connectivity index (χ0) is 39.0. The minimum Gasteiger partial charge on any atom is -0.465 e. The summed E-state index contributed by atoms with van der Waals surface area (Å²) in [4.78, 5) is 71.7. The Kier molecular flexibility index (Phi) is 10.9. The van der Waals surface area contributed by atoms with Crippen LogP contribution in [0.5, 0.6) is 0 Å². The molecule has 0 aliphatic carbocycles. The lowest BCUT2D eigenvalue weighted by Gasteiger charge is -2.26. The Morgan fingerprint density at radius 3 is 2.13 bits per heavy atom. The maximum atomic E-state index is 14.3. The summed E-state index contributed by atoms with van der Waals surface area (Å²) in [5.74, 6) is -3.65. The Labute approximate surface area is 312 Å². The van der Waals surface area contributed by atoms with Crippen molar-refractivity contribution in [3.63, 3.8) is 0 Å². The monoisotopic (exact) mass is 808 g/mol. The summed E-state index contributed by atoms with van der Waals surface area (Å²) in [6.45, 7) is 3.25. The molecular formula is C32H30Cl2N6O11S2. The molecule has 1 fully saturated rings. The van der Waals surface area contributed by atoms with E-state index in [0.29, 0.717) is 4.90 Å². The molecule has 0 radical (unpaired) electrons. The first-order chi connectivity index (χ1) is 24.8. The van der Waals surface area contributed by atoms with E-state index >= 15 is 0 Å². The number of esters is 1. The number of hydrogen-bond donors (Lipinski definition) is 3. The number of sulfonamides is 2. The number of hydrogen-bond acceptors (Lipinski definition) is 12. The van der Waals surface area contributed by atoms with Crippen molar-refractivity contribution in [3.8, 4) is 0 Å². The van der Waals surface area contributed by atoms with Crippen LogP contribution >= 0.6 is 23.2 Å². The minimum atomic E-state index is -4.56. The molecule has 5 rings (SSSR count). The third kappa shape index (κ3) is 7.84. The number of rotatable bonds is 12. The van der Waals surface area contributed by atoms with E-state index in [0.717, 1.165) is 34.9 Å². The van der Waals surface area contributed by atoms with Gasteiger partial charge in [-0.25, -0.2) is 36.2 Å². The molecular weight excluding hydrogens is 779 g/mol. The largest absolute Gasteiger partial charge is 0.465 e. The average Bonchev–Trinajstić information content (AvgIpc) is 3.29. The van der Waals surface area contributed by atoms with Crippen LogP contribution in [0.3, 0.4) is 0 Å². The summed E-state index contributed by atoms with van der Waals surface area (Å²) in [5, 5.41) is 2.09. The number of benzene rings is 3. The number of amides is 3. The molecule has 1 saturated heterocycles. The van der Waals surface area contributed by atoms with Gasteiger partial charge < -0.3 is 14.8 Å². The summed E-state index contributed by atoms with van der Waals surface area (Å²) in [6.07, 6.45) is -1.28. The van der Waals surface area contributed by atoms with Gasteiger partial charge in [0.15, 0.2) is 11.6 Å². The molecule has 1 aliphatic heterocycles. The Balaban J connectivity index is 1.61. The number of nitrogens with one attached hydrogen (secondary N) is 3. The molecule has 1 aliphatic rings. The number of para-hydroxylation sites is 1. The van der Waals surface area contributed by atoms with Crippen LogP contribution in [-0.2, 0) is 50.4 Å². The molecule has 4 aromatic rings. The van der Waals surface area contributed by atoms with E-state index in [1.165, 1.54) is 46.0 Å². The van der Waals surface area contributed by atoms with Crippen molar-refractivity contribution in [2.24, 2.45) is 0 Å². The van der Waals surface area contributed by atoms with Crippen LogP contribution in [0.25, 0.3) is 10.9 Å². The molecule has 17 nitrogen and oxygen atoms in total. The van der Waals surface area contributed by atoms with Crippen molar-refractivity contribution in [3.05, 3.63) is 86.9 Å². The lowest BCUT2D eigenvalue weighted by atomic mass is 10.1. The average molecular weight is 810 g/mol. The van der Waals surface area contributed by atoms with Gasteiger partial charge in [0.25, 0.3) is 27.4 Å². The van der Waals surface area contributed by atoms with Gasteiger partial charge in [-0.2, -0.15) is 0 Å². The van der Waals surface area contributed by atoms with Gasteiger partial charge in [-0.05, 0) is 76.3 Å². The third-order valence-corrected chi connectivity index (χ3v) is 11.2. The molecule has 53 heavy (non-hydrogen) atoms. The smallest absolute Gasteiger partial charge is 0.418 e. The summed E-state index contributed by atoms with van der Waals surface area (Å²) < 4.78 is 67.0. The summed E-state index contributed by atoms with van der Waals surface area (Å²) >= 11 is 12.6.